The van der Waals surface area contributed by atoms with Gasteiger partial charge in [0.1, 0.15) is 0 Å². The smallest absolute Gasteiger partial charge is 0.416 e. The number of carboxylic acid groups (broad SMARTS) is 1. The number of aliphatic carboxylic acids is 1. The average Bonchev–Trinajstić information content (AvgIpc) is 2.94. The maximum atomic E-state index is 12.6. The summed E-state index contributed by atoms with van der Waals surface area (Å²) in [5, 5.41) is 11.5. The first-order valence-corrected chi connectivity index (χ1v) is 6.94. The number of halogens is 3. The van der Waals surface area contributed by atoms with Crippen molar-refractivity contribution in [2.45, 2.75) is 32.0 Å². The molecule has 7 heteroatoms. The van der Waals surface area contributed by atoms with Gasteiger partial charge in [-0.3, -0.25) is 9.59 Å². The second kappa shape index (κ2) is 6.37. The summed E-state index contributed by atoms with van der Waals surface area (Å²) < 4.78 is 37.8. The first-order chi connectivity index (χ1) is 10.3. The van der Waals surface area contributed by atoms with E-state index < -0.39 is 23.6 Å². The van der Waals surface area contributed by atoms with Gasteiger partial charge in [0.25, 0.3) is 0 Å². The predicted octanol–water partition coefficient (Wildman–Crippen LogP) is 2.82. The Morgan fingerprint density at radius 1 is 1.23 bits per heavy atom. The number of rotatable bonds is 4. The molecule has 0 aliphatic heterocycles. The number of nitrogens with one attached hydrogen (secondary N) is 1. The fourth-order valence-electron chi connectivity index (χ4n) is 2.64. The van der Waals surface area contributed by atoms with Crippen molar-refractivity contribution in [1.82, 2.24) is 5.32 Å². The van der Waals surface area contributed by atoms with Crippen LogP contribution < -0.4 is 5.32 Å². The van der Waals surface area contributed by atoms with E-state index in [1.807, 2.05) is 0 Å². The second-order valence-corrected chi connectivity index (χ2v) is 5.46. The zero-order chi connectivity index (χ0) is 16.3. The Hall–Kier alpha value is -2.05. The molecule has 0 saturated heterocycles. The van der Waals surface area contributed by atoms with Crippen molar-refractivity contribution < 1.29 is 27.9 Å². The third-order valence-electron chi connectivity index (χ3n) is 3.87. The minimum atomic E-state index is -4.42. The molecule has 1 aromatic carbocycles. The molecule has 0 unspecified atom stereocenters. The lowest BCUT2D eigenvalue weighted by Crippen LogP contribution is -2.29. The molecular weight excluding hydrogens is 299 g/mol. The Morgan fingerprint density at radius 3 is 2.50 bits per heavy atom. The van der Waals surface area contributed by atoms with E-state index in [9.17, 15) is 22.8 Å². The lowest BCUT2D eigenvalue weighted by Gasteiger charge is -2.12. The van der Waals surface area contributed by atoms with Gasteiger partial charge in [-0.15, -0.1) is 0 Å². The third-order valence-corrected chi connectivity index (χ3v) is 3.87. The van der Waals surface area contributed by atoms with Gasteiger partial charge in [0.15, 0.2) is 0 Å². The van der Waals surface area contributed by atoms with Crippen molar-refractivity contribution in [3.05, 3.63) is 35.4 Å². The molecule has 1 aromatic rings. The zero-order valence-corrected chi connectivity index (χ0v) is 11.7. The zero-order valence-electron chi connectivity index (χ0n) is 11.7. The number of carbonyl (C=O) groups excluding carboxylic acids is 1. The highest BCUT2D eigenvalue weighted by Gasteiger charge is 2.34. The first kappa shape index (κ1) is 16.3. The van der Waals surface area contributed by atoms with Crippen LogP contribution in [0.4, 0.5) is 13.2 Å². The van der Waals surface area contributed by atoms with E-state index in [1.54, 1.807) is 0 Å². The molecular formula is C15H16F3NO3. The first-order valence-electron chi connectivity index (χ1n) is 6.94. The van der Waals surface area contributed by atoms with Crippen LogP contribution in [0.25, 0.3) is 0 Å². The summed E-state index contributed by atoms with van der Waals surface area (Å²) in [6.45, 7) is -0.00298. The van der Waals surface area contributed by atoms with Crippen LogP contribution in [-0.2, 0) is 22.3 Å². The molecule has 1 fully saturated rings. The van der Waals surface area contributed by atoms with Gasteiger partial charge >= 0.3 is 12.1 Å². The van der Waals surface area contributed by atoms with Crippen molar-refractivity contribution in [2.24, 2.45) is 11.8 Å². The van der Waals surface area contributed by atoms with Crippen LogP contribution >= 0.6 is 0 Å². The molecule has 2 N–H and O–H groups in total. The predicted molar refractivity (Wildman–Crippen MR) is 71.8 cm³/mol. The number of amides is 1. The van der Waals surface area contributed by atoms with Gasteiger partial charge in [-0.2, -0.15) is 13.2 Å². The summed E-state index contributed by atoms with van der Waals surface area (Å²) in [4.78, 5) is 22.8. The summed E-state index contributed by atoms with van der Waals surface area (Å²) in [7, 11) is 0. The number of carboxylic acids is 1. The van der Waals surface area contributed by atoms with Crippen molar-refractivity contribution in [3.63, 3.8) is 0 Å². The highest BCUT2D eigenvalue weighted by Crippen LogP contribution is 2.31. The monoisotopic (exact) mass is 315 g/mol. The van der Waals surface area contributed by atoms with Gasteiger partial charge in [-0.1, -0.05) is 12.1 Å². The number of alkyl halides is 3. The number of carbonyl (C=O) groups is 2. The van der Waals surface area contributed by atoms with E-state index in [0.29, 0.717) is 18.4 Å². The fourth-order valence-corrected chi connectivity index (χ4v) is 2.64. The topological polar surface area (TPSA) is 66.4 Å². The largest absolute Gasteiger partial charge is 0.481 e. The van der Waals surface area contributed by atoms with Gasteiger partial charge in [-0.05, 0) is 37.0 Å². The van der Waals surface area contributed by atoms with E-state index in [2.05, 4.69) is 5.32 Å². The van der Waals surface area contributed by atoms with Gasteiger partial charge < -0.3 is 10.4 Å². The van der Waals surface area contributed by atoms with E-state index in [-0.39, 0.29) is 24.8 Å². The lowest BCUT2D eigenvalue weighted by atomic mass is 10.0. The normalized spacial score (nSPS) is 21.6. The summed E-state index contributed by atoms with van der Waals surface area (Å²) >= 11 is 0. The molecule has 4 nitrogen and oxygen atoms in total. The van der Waals surface area contributed by atoms with Crippen LogP contribution in [0.15, 0.2) is 24.3 Å². The van der Waals surface area contributed by atoms with E-state index in [0.717, 1.165) is 12.1 Å². The van der Waals surface area contributed by atoms with E-state index >= 15 is 0 Å². The molecule has 1 aliphatic rings. The van der Waals surface area contributed by atoms with Crippen LogP contribution in [0.5, 0.6) is 0 Å². The SMILES string of the molecule is O=C(O)[C@@H]1CC[C@H](C(=O)NCc2cccc(C(F)(F)F)c2)C1. The van der Waals surface area contributed by atoms with Gasteiger partial charge in [0, 0.05) is 12.5 Å². The summed E-state index contributed by atoms with van der Waals surface area (Å²) in [6.07, 6.45) is -3.19. The Bertz CT molecular complexity index is 571. The highest BCUT2D eigenvalue weighted by molar-refractivity contribution is 5.80. The molecule has 0 spiro atoms. The molecule has 0 heterocycles. The fraction of sp³-hybridized carbons (Fsp3) is 0.467. The van der Waals surface area contributed by atoms with Crippen molar-refractivity contribution in [2.75, 3.05) is 0 Å². The summed E-state index contributed by atoms with van der Waals surface area (Å²) in [6, 6.07) is 4.76. The Labute approximate surface area is 125 Å². The molecule has 1 aliphatic carbocycles. The molecule has 0 radical (unpaired) electrons. The summed E-state index contributed by atoms with van der Waals surface area (Å²) in [5.74, 6) is -2.11. The molecule has 1 saturated carbocycles. The summed E-state index contributed by atoms with van der Waals surface area (Å²) in [5.41, 5.74) is -0.401. The van der Waals surface area contributed by atoms with Crippen LogP contribution in [0.2, 0.25) is 0 Å². The second-order valence-electron chi connectivity index (χ2n) is 5.46. The van der Waals surface area contributed by atoms with Gasteiger partial charge in [0.05, 0.1) is 11.5 Å². The van der Waals surface area contributed by atoms with Crippen LogP contribution in [0, 0.1) is 11.8 Å². The Kier molecular flexibility index (Phi) is 4.73. The van der Waals surface area contributed by atoms with Gasteiger partial charge in [-0.25, -0.2) is 0 Å². The molecule has 0 aromatic heterocycles. The average molecular weight is 315 g/mol. The van der Waals surface area contributed by atoms with E-state index in [1.165, 1.54) is 12.1 Å². The molecule has 120 valence electrons. The lowest BCUT2D eigenvalue weighted by molar-refractivity contribution is -0.141. The molecule has 0 bridgehead atoms. The van der Waals surface area contributed by atoms with Crippen LogP contribution in [0.3, 0.4) is 0 Å². The molecule has 2 rings (SSSR count). The number of hydrogen-bond donors (Lipinski definition) is 2. The van der Waals surface area contributed by atoms with Crippen LogP contribution in [0.1, 0.15) is 30.4 Å². The maximum Gasteiger partial charge on any atom is 0.416 e. The van der Waals surface area contributed by atoms with Crippen molar-refractivity contribution >= 4 is 11.9 Å². The molecule has 2 atom stereocenters. The minimum Gasteiger partial charge on any atom is -0.481 e. The Balaban J connectivity index is 1.91. The Morgan fingerprint density at radius 2 is 1.91 bits per heavy atom. The van der Waals surface area contributed by atoms with Crippen molar-refractivity contribution in [1.29, 1.82) is 0 Å². The maximum absolute atomic E-state index is 12.6. The molecule has 22 heavy (non-hydrogen) atoms. The highest BCUT2D eigenvalue weighted by atomic mass is 19.4. The number of hydrogen-bond acceptors (Lipinski definition) is 2. The van der Waals surface area contributed by atoms with Crippen molar-refractivity contribution in [3.8, 4) is 0 Å². The molecule has 1 amide bonds. The quantitative estimate of drug-likeness (QED) is 0.898. The standard InChI is InChI=1S/C15H16F3NO3/c16-15(17,18)12-3-1-2-9(6-12)8-19-13(20)10-4-5-11(7-10)14(21)22/h1-3,6,10-11H,4-5,7-8H2,(H,19,20)(H,21,22)/t10-,11+/m0/s1. The third kappa shape index (κ3) is 3.99. The van der Waals surface area contributed by atoms with Gasteiger partial charge in [0.2, 0.25) is 5.91 Å². The minimum absolute atomic E-state index is 0.00298. The van der Waals surface area contributed by atoms with Crippen LogP contribution in [-0.4, -0.2) is 17.0 Å². The van der Waals surface area contributed by atoms with E-state index in [4.69, 9.17) is 5.11 Å². The number of benzene rings is 1.